The lowest BCUT2D eigenvalue weighted by molar-refractivity contribution is 0.496. The summed E-state index contributed by atoms with van der Waals surface area (Å²) < 4.78 is 7.75. The van der Waals surface area contributed by atoms with Crippen molar-refractivity contribution < 1.29 is 4.42 Å². The van der Waals surface area contributed by atoms with Gasteiger partial charge in [-0.2, -0.15) is 5.10 Å². The van der Waals surface area contributed by atoms with E-state index in [1.807, 2.05) is 53.2 Å². The molecule has 2 aromatic heterocycles. The lowest BCUT2D eigenvalue weighted by atomic mass is 10.3. The van der Waals surface area contributed by atoms with E-state index >= 15 is 0 Å². The first-order chi connectivity index (χ1) is 9.88. The summed E-state index contributed by atoms with van der Waals surface area (Å²) in [5, 5.41) is 7.63. The standard InChI is InChI=1S/C16H17N3O/c1-2-17-12-14-8-9-16(20-14)15-10-11-18-19(15)13-6-4-3-5-7-13/h3-11,17H,2,12H2,1H3. The van der Waals surface area contributed by atoms with Gasteiger partial charge in [0.1, 0.15) is 11.5 Å². The molecule has 0 atom stereocenters. The molecule has 2 heterocycles. The summed E-state index contributed by atoms with van der Waals surface area (Å²) in [6.07, 6.45) is 1.79. The first kappa shape index (κ1) is 12.7. The lowest BCUT2D eigenvalue weighted by Crippen LogP contribution is -2.10. The third kappa shape index (κ3) is 2.51. The predicted molar refractivity (Wildman–Crippen MR) is 78.6 cm³/mol. The molecule has 0 radical (unpaired) electrons. The van der Waals surface area contributed by atoms with E-state index in [-0.39, 0.29) is 0 Å². The maximum atomic E-state index is 5.87. The number of hydrogen-bond acceptors (Lipinski definition) is 3. The molecule has 0 aliphatic rings. The Morgan fingerprint density at radius 1 is 1.10 bits per heavy atom. The van der Waals surface area contributed by atoms with Crippen LogP contribution in [0.3, 0.4) is 0 Å². The third-order valence-corrected chi connectivity index (χ3v) is 3.11. The van der Waals surface area contributed by atoms with E-state index in [2.05, 4.69) is 17.3 Å². The second-order valence-electron chi connectivity index (χ2n) is 4.51. The SMILES string of the molecule is CCNCc1ccc(-c2ccnn2-c2ccccc2)o1. The summed E-state index contributed by atoms with van der Waals surface area (Å²) in [6, 6.07) is 16.0. The number of hydrogen-bond donors (Lipinski definition) is 1. The average molecular weight is 267 g/mol. The monoisotopic (exact) mass is 267 g/mol. The van der Waals surface area contributed by atoms with Gasteiger partial charge in [-0.1, -0.05) is 25.1 Å². The van der Waals surface area contributed by atoms with Gasteiger partial charge < -0.3 is 9.73 Å². The Labute approximate surface area is 118 Å². The van der Waals surface area contributed by atoms with Gasteiger partial charge in [0.15, 0.2) is 5.76 Å². The van der Waals surface area contributed by atoms with Gasteiger partial charge in [-0.05, 0) is 36.9 Å². The van der Waals surface area contributed by atoms with E-state index in [0.29, 0.717) is 0 Å². The lowest BCUT2D eigenvalue weighted by Gasteiger charge is -2.05. The van der Waals surface area contributed by atoms with Crippen molar-refractivity contribution in [2.75, 3.05) is 6.54 Å². The molecule has 0 aliphatic heterocycles. The minimum absolute atomic E-state index is 0.746. The van der Waals surface area contributed by atoms with Crippen LogP contribution in [0.4, 0.5) is 0 Å². The fraction of sp³-hybridized carbons (Fsp3) is 0.188. The zero-order valence-corrected chi connectivity index (χ0v) is 11.4. The van der Waals surface area contributed by atoms with Gasteiger partial charge >= 0.3 is 0 Å². The van der Waals surface area contributed by atoms with Crippen molar-refractivity contribution in [2.24, 2.45) is 0 Å². The van der Waals surface area contributed by atoms with Crippen LogP contribution < -0.4 is 5.32 Å². The van der Waals surface area contributed by atoms with Gasteiger partial charge in [-0.3, -0.25) is 0 Å². The molecule has 0 saturated heterocycles. The molecule has 0 aliphatic carbocycles. The van der Waals surface area contributed by atoms with Crippen LogP contribution in [-0.2, 0) is 6.54 Å². The molecule has 0 saturated carbocycles. The van der Waals surface area contributed by atoms with Crippen LogP contribution in [0.5, 0.6) is 0 Å². The second kappa shape index (κ2) is 5.75. The van der Waals surface area contributed by atoms with Crippen LogP contribution >= 0.6 is 0 Å². The molecule has 1 aromatic carbocycles. The zero-order valence-electron chi connectivity index (χ0n) is 11.4. The highest BCUT2D eigenvalue weighted by molar-refractivity contribution is 5.56. The average Bonchev–Trinajstić information content (AvgIpc) is 3.14. The molecule has 3 aromatic rings. The van der Waals surface area contributed by atoms with Gasteiger partial charge in [0.05, 0.1) is 18.4 Å². The maximum Gasteiger partial charge on any atom is 0.152 e. The van der Waals surface area contributed by atoms with Crippen LogP contribution in [0.2, 0.25) is 0 Å². The van der Waals surface area contributed by atoms with Crippen molar-refractivity contribution in [3.63, 3.8) is 0 Å². The molecule has 102 valence electrons. The van der Waals surface area contributed by atoms with Crippen molar-refractivity contribution in [1.82, 2.24) is 15.1 Å². The molecule has 20 heavy (non-hydrogen) atoms. The summed E-state index contributed by atoms with van der Waals surface area (Å²) in [6.45, 7) is 3.75. The number of nitrogens with one attached hydrogen (secondary N) is 1. The van der Waals surface area contributed by atoms with E-state index in [1.54, 1.807) is 6.20 Å². The van der Waals surface area contributed by atoms with Gasteiger partial charge in [-0.25, -0.2) is 4.68 Å². The van der Waals surface area contributed by atoms with Gasteiger partial charge in [0.2, 0.25) is 0 Å². The van der Waals surface area contributed by atoms with Crippen LogP contribution in [-0.4, -0.2) is 16.3 Å². The molecule has 3 rings (SSSR count). The highest BCUT2D eigenvalue weighted by Gasteiger charge is 2.11. The summed E-state index contributed by atoms with van der Waals surface area (Å²) >= 11 is 0. The number of para-hydroxylation sites is 1. The number of aromatic nitrogens is 2. The molecule has 0 amide bonds. The molecule has 0 fully saturated rings. The quantitative estimate of drug-likeness (QED) is 0.771. The first-order valence-corrected chi connectivity index (χ1v) is 6.77. The van der Waals surface area contributed by atoms with Crippen molar-refractivity contribution in [1.29, 1.82) is 0 Å². The normalized spacial score (nSPS) is 10.8. The van der Waals surface area contributed by atoms with Gasteiger partial charge in [-0.15, -0.1) is 0 Å². The van der Waals surface area contributed by atoms with E-state index in [9.17, 15) is 0 Å². The molecule has 0 bridgehead atoms. The summed E-state index contributed by atoms with van der Waals surface area (Å²) in [7, 11) is 0. The topological polar surface area (TPSA) is 43.0 Å². The molecule has 4 heteroatoms. The van der Waals surface area contributed by atoms with E-state index in [1.165, 1.54) is 0 Å². The van der Waals surface area contributed by atoms with E-state index in [0.717, 1.165) is 36.0 Å². The van der Waals surface area contributed by atoms with Crippen molar-refractivity contribution in [2.45, 2.75) is 13.5 Å². The number of nitrogens with zero attached hydrogens (tertiary/aromatic N) is 2. The number of furan rings is 1. The fourth-order valence-corrected chi connectivity index (χ4v) is 2.12. The Morgan fingerprint density at radius 2 is 1.95 bits per heavy atom. The Morgan fingerprint density at radius 3 is 2.75 bits per heavy atom. The Balaban J connectivity index is 1.92. The number of rotatable bonds is 5. The molecule has 0 spiro atoms. The second-order valence-corrected chi connectivity index (χ2v) is 4.51. The van der Waals surface area contributed by atoms with E-state index < -0.39 is 0 Å². The Kier molecular flexibility index (Phi) is 3.65. The van der Waals surface area contributed by atoms with Gasteiger partial charge in [0, 0.05) is 0 Å². The Bertz CT molecular complexity index is 670. The number of benzene rings is 1. The highest BCUT2D eigenvalue weighted by Crippen LogP contribution is 2.24. The largest absolute Gasteiger partial charge is 0.458 e. The minimum Gasteiger partial charge on any atom is -0.458 e. The summed E-state index contributed by atoms with van der Waals surface area (Å²) in [5.41, 5.74) is 1.98. The first-order valence-electron chi connectivity index (χ1n) is 6.77. The molecular weight excluding hydrogens is 250 g/mol. The van der Waals surface area contributed by atoms with E-state index in [4.69, 9.17) is 4.42 Å². The van der Waals surface area contributed by atoms with Crippen molar-refractivity contribution in [3.8, 4) is 17.1 Å². The van der Waals surface area contributed by atoms with Crippen LogP contribution in [0, 0.1) is 0 Å². The summed E-state index contributed by atoms with van der Waals surface area (Å²) in [5.74, 6) is 1.77. The molecule has 0 unspecified atom stereocenters. The molecule has 4 nitrogen and oxygen atoms in total. The third-order valence-electron chi connectivity index (χ3n) is 3.11. The fourth-order valence-electron chi connectivity index (χ4n) is 2.12. The van der Waals surface area contributed by atoms with Crippen LogP contribution in [0.15, 0.2) is 59.1 Å². The van der Waals surface area contributed by atoms with Crippen molar-refractivity contribution in [3.05, 3.63) is 60.5 Å². The smallest absolute Gasteiger partial charge is 0.152 e. The summed E-state index contributed by atoms with van der Waals surface area (Å²) in [4.78, 5) is 0. The minimum atomic E-state index is 0.746. The van der Waals surface area contributed by atoms with Crippen LogP contribution in [0.1, 0.15) is 12.7 Å². The van der Waals surface area contributed by atoms with Gasteiger partial charge in [0.25, 0.3) is 0 Å². The predicted octanol–water partition coefficient (Wildman–Crippen LogP) is 3.24. The molecular formula is C16H17N3O. The van der Waals surface area contributed by atoms with Crippen LogP contribution in [0.25, 0.3) is 17.1 Å². The Hall–Kier alpha value is -2.33. The zero-order chi connectivity index (χ0) is 13.8. The molecule has 1 N–H and O–H groups in total. The maximum absolute atomic E-state index is 5.87. The highest BCUT2D eigenvalue weighted by atomic mass is 16.3. The van der Waals surface area contributed by atoms with Crippen molar-refractivity contribution >= 4 is 0 Å².